The summed E-state index contributed by atoms with van der Waals surface area (Å²) < 4.78 is 22.0. The van der Waals surface area contributed by atoms with Crippen LogP contribution in [0.5, 0.6) is 0 Å². The first-order valence-electron chi connectivity index (χ1n) is 21.5. The molecule has 2 fully saturated rings. The fraction of sp³-hybridized carbons (Fsp3) is 0.565. The third kappa shape index (κ3) is 14.4. The summed E-state index contributed by atoms with van der Waals surface area (Å²) in [4.78, 5) is 63.0. The zero-order chi connectivity index (χ0) is 44.2. The molecule has 61 heavy (non-hydrogen) atoms. The highest BCUT2D eigenvalue weighted by molar-refractivity contribution is 5.95. The number of benzene rings is 2. The number of alkyl carbamates (subject to hydrolysis) is 1. The number of ether oxygens (including phenoxy) is 4. The number of rotatable bonds is 17. The van der Waals surface area contributed by atoms with Crippen molar-refractivity contribution in [1.29, 1.82) is 0 Å². The lowest BCUT2D eigenvalue weighted by molar-refractivity contribution is -0.121. The van der Waals surface area contributed by atoms with Gasteiger partial charge >= 0.3 is 12.2 Å². The second kappa shape index (κ2) is 21.5. The molecule has 4 atom stereocenters. The topological polar surface area (TPSA) is 182 Å². The Hall–Kier alpha value is -5.28. The van der Waals surface area contributed by atoms with Crippen LogP contribution in [0.2, 0.25) is 0 Å². The van der Waals surface area contributed by atoms with Gasteiger partial charge in [0.1, 0.15) is 28.9 Å². The molecule has 4 amide bonds. The number of aryl methyl sites for hydroxylation is 1. The SMILES string of the molecule is CNC(=O)[C@@H]1C[C@@H]2CCCC[C@@H]2N1c1cc(C(C)NC(=O)c2ccc(-c3ccc(NC(=O)OC(C)(C)C)cc3)cc2)nc(CCCOCCOCCNC(=O)OC(C)(C)C)n1. The number of hydrogen-bond donors (Lipinski definition) is 4. The summed E-state index contributed by atoms with van der Waals surface area (Å²) in [6.07, 6.45) is 5.32. The van der Waals surface area contributed by atoms with Gasteiger partial charge in [0.15, 0.2) is 0 Å². The van der Waals surface area contributed by atoms with Crippen LogP contribution in [-0.4, -0.2) is 97.3 Å². The molecule has 2 aromatic carbocycles. The largest absolute Gasteiger partial charge is 0.444 e. The Bertz CT molecular complexity index is 1930. The first kappa shape index (κ1) is 46.8. The predicted octanol–water partition coefficient (Wildman–Crippen LogP) is 7.36. The molecule has 5 rings (SSSR count). The van der Waals surface area contributed by atoms with E-state index in [-0.39, 0.29) is 23.9 Å². The molecule has 2 heterocycles. The van der Waals surface area contributed by atoms with Crippen molar-refractivity contribution in [2.45, 2.75) is 123 Å². The van der Waals surface area contributed by atoms with E-state index in [4.69, 9.17) is 28.9 Å². The second-order valence-corrected chi connectivity index (χ2v) is 17.7. The minimum atomic E-state index is -0.596. The summed E-state index contributed by atoms with van der Waals surface area (Å²) in [5, 5.41) is 11.4. The molecule has 15 nitrogen and oxygen atoms in total. The Labute approximate surface area is 360 Å². The summed E-state index contributed by atoms with van der Waals surface area (Å²) in [6.45, 7) is 14.7. The van der Waals surface area contributed by atoms with E-state index in [1.165, 1.54) is 0 Å². The number of anilines is 2. The number of amides is 4. The number of nitrogens with zero attached hydrogens (tertiary/aromatic N) is 3. The van der Waals surface area contributed by atoms with Crippen LogP contribution in [0.4, 0.5) is 21.1 Å². The summed E-state index contributed by atoms with van der Waals surface area (Å²) in [5.74, 6) is 1.47. The van der Waals surface area contributed by atoms with Crippen LogP contribution in [0.1, 0.15) is 115 Å². The van der Waals surface area contributed by atoms with Crippen molar-refractivity contribution in [2.24, 2.45) is 5.92 Å². The van der Waals surface area contributed by atoms with E-state index in [1.54, 1.807) is 31.3 Å². The second-order valence-electron chi connectivity index (χ2n) is 17.7. The maximum Gasteiger partial charge on any atom is 0.412 e. The van der Waals surface area contributed by atoms with Gasteiger partial charge in [0.05, 0.1) is 31.6 Å². The lowest BCUT2D eigenvalue weighted by atomic mass is 9.84. The number of likely N-dealkylation sites (N-methyl/N-ethyl adjacent to an activating group) is 1. The maximum absolute atomic E-state index is 13.6. The van der Waals surface area contributed by atoms with Crippen molar-refractivity contribution in [1.82, 2.24) is 25.9 Å². The molecule has 3 aromatic rings. The number of fused-ring (bicyclic) bond motifs is 1. The molecule has 15 heteroatoms. The van der Waals surface area contributed by atoms with Gasteiger partial charge in [-0.15, -0.1) is 0 Å². The van der Waals surface area contributed by atoms with Crippen LogP contribution in [0.15, 0.2) is 54.6 Å². The van der Waals surface area contributed by atoms with Gasteiger partial charge in [-0.05, 0) is 115 Å². The summed E-state index contributed by atoms with van der Waals surface area (Å²) >= 11 is 0. The van der Waals surface area contributed by atoms with Crippen LogP contribution < -0.4 is 26.2 Å². The van der Waals surface area contributed by atoms with Crippen molar-refractivity contribution < 1.29 is 38.1 Å². The molecule has 1 saturated carbocycles. The fourth-order valence-electron chi connectivity index (χ4n) is 7.69. The normalized spacial score (nSPS) is 18.1. The van der Waals surface area contributed by atoms with Gasteiger partial charge in [0, 0.05) is 50.0 Å². The lowest BCUT2D eigenvalue weighted by Gasteiger charge is -2.35. The molecule has 0 spiro atoms. The third-order valence-corrected chi connectivity index (χ3v) is 10.5. The Morgan fingerprint density at radius 3 is 2.08 bits per heavy atom. The molecule has 2 aliphatic rings. The highest BCUT2D eigenvalue weighted by Gasteiger charge is 2.45. The van der Waals surface area contributed by atoms with Crippen molar-refractivity contribution in [3.8, 4) is 11.1 Å². The fourth-order valence-corrected chi connectivity index (χ4v) is 7.69. The van der Waals surface area contributed by atoms with Gasteiger partial charge in [-0.1, -0.05) is 37.1 Å². The van der Waals surface area contributed by atoms with E-state index in [2.05, 4.69) is 26.2 Å². The van der Waals surface area contributed by atoms with Crippen molar-refractivity contribution in [3.05, 3.63) is 71.7 Å². The van der Waals surface area contributed by atoms with E-state index in [1.807, 2.05) is 78.8 Å². The molecule has 332 valence electrons. The first-order chi connectivity index (χ1) is 29.0. The monoisotopic (exact) mass is 843 g/mol. The van der Waals surface area contributed by atoms with E-state index in [0.29, 0.717) is 80.3 Å². The quantitative estimate of drug-likeness (QED) is 0.0997. The summed E-state index contributed by atoms with van der Waals surface area (Å²) in [7, 11) is 1.68. The van der Waals surface area contributed by atoms with Gasteiger partial charge in [-0.3, -0.25) is 14.9 Å². The molecule has 1 aromatic heterocycles. The van der Waals surface area contributed by atoms with Gasteiger partial charge in [0.25, 0.3) is 5.91 Å². The molecule has 1 unspecified atom stereocenters. The van der Waals surface area contributed by atoms with Crippen molar-refractivity contribution in [2.75, 3.05) is 50.2 Å². The Kier molecular flexibility index (Phi) is 16.5. The first-order valence-corrected chi connectivity index (χ1v) is 21.5. The van der Waals surface area contributed by atoms with Crippen molar-refractivity contribution >= 4 is 35.5 Å². The molecule has 4 N–H and O–H groups in total. The van der Waals surface area contributed by atoms with Crippen LogP contribution in [-0.2, 0) is 30.2 Å². The van der Waals surface area contributed by atoms with Gasteiger partial charge in [-0.25, -0.2) is 19.6 Å². The lowest BCUT2D eigenvalue weighted by Crippen LogP contribution is -2.46. The van der Waals surface area contributed by atoms with E-state index >= 15 is 0 Å². The summed E-state index contributed by atoms with van der Waals surface area (Å²) in [6, 6.07) is 16.1. The molecule has 0 bridgehead atoms. The Morgan fingerprint density at radius 2 is 1.43 bits per heavy atom. The van der Waals surface area contributed by atoms with E-state index < -0.39 is 29.4 Å². The molecule has 1 saturated heterocycles. The number of carbonyl (C=O) groups is 4. The van der Waals surface area contributed by atoms with Gasteiger partial charge in [0.2, 0.25) is 5.91 Å². The van der Waals surface area contributed by atoms with E-state index in [0.717, 1.165) is 43.2 Å². The number of hydrogen-bond acceptors (Lipinski definition) is 11. The minimum Gasteiger partial charge on any atom is -0.444 e. The molecule has 1 aliphatic carbocycles. The van der Waals surface area contributed by atoms with E-state index in [9.17, 15) is 19.2 Å². The smallest absolute Gasteiger partial charge is 0.412 e. The molecule has 0 radical (unpaired) electrons. The highest BCUT2D eigenvalue weighted by Crippen LogP contribution is 2.42. The molecule has 1 aliphatic heterocycles. The average Bonchev–Trinajstić information content (AvgIpc) is 3.60. The minimum absolute atomic E-state index is 0.0226. The molecular weight excluding hydrogens is 779 g/mol. The standard InChI is InChI=1S/C46H65N7O8/c1-30(49-41(54)33-17-15-31(16-18-33)32-19-21-35(22-20-32)50-44(57)61-46(5,6)7)36-29-40(53-37-13-10-9-12-34(37)28-38(53)42(55)47-8)52-39(51-36)14-11-24-58-26-27-59-25-23-48-43(56)60-45(2,3)4/h15-22,29-30,34,37-38H,9-14,23-28H2,1-8H3,(H,47,55)(H,48,56)(H,49,54)(H,50,57)/t30?,34-,37-,38-/m0/s1. The number of aromatic nitrogens is 2. The van der Waals surface area contributed by atoms with Crippen LogP contribution >= 0.6 is 0 Å². The number of carbonyl (C=O) groups excluding carboxylic acids is 4. The zero-order valence-electron chi connectivity index (χ0n) is 37.1. The van der Waals surface area contributed by atoms with Crippen molar-refractivity contribution in [3.63, 3.8) is 0 Å². The molecular formula is C46H65N7O8. The van der Waals surface area contributed by atoms with Crippen LogP contribution in [0.25, 0.3) is 11.1 Å². The maximum atomic E-state index is 13.6. The Morgan fingerprint density at radius 1 is 0.803 bits per heavy atom. The average molecular weight is 844 g/mol. The Balaban J connectivity index is 1.21. The zero-order valence-corrected chi connectivity index (χ0v) is 37.1. The predicted molar refractivity (Wildman–Crippen MR) is 235 cm³/mol. The van der Waals surface area contributed by atoms with Crippen LogP contribution in [0.3, 0.4) is 0 Å². The highest BCUT2D eigenvalue weighted by atomic mass is 16.6. The van der Waals surface area contributed by atoms with Gasteiger partial charge in [-0.2, -0.15) is 0 Å². The third-order valence-electron chi connectivity index (χ3n) is 10.5. The van der Waals surface area contributed by atoms with Crippen LogP contribution in [0, 0.1) is 5.92 Å². The van der Waals surface area contributed by atoms with Gasteiger partial charge < -0.3 is 39.8 Å². The number of nitrogens with one attached hydrogen (secondary N) is 4. The summed E-state index contributed by atoms with van der Waals surface area (Å²) in [5.41, 5.74) is 2.47.